The summed E-state index contributed by atoms with van der Waals surface area (Å²) in [7, 11) is 0. The summed E-state index contributed by atoms with van der Waals surface area (Å²) >= 11 is 0. The molecule has 3 aliphatic rings. The maximum Gasteiger partial charge on any atom is 0.337 e. The third kappa shape index (κ3) is 2.22. The lowest BCUT2D eigenvalue weighted by atomic mass is 9.79. The summed E-state index contributed by atoms with van der Waals surface area (Å²) in [5.74, 6) is -0.817. The zero-order chi connectivity index (χ0) is 20.2. The number of para-hydroxylation sites is 1. The van der Waals surface area contributed by atoms with Crippen molar-refractivity contribution in [3.05, 3.63) is 118 Å². The number of ketones is 1. The van der Waals surface area contributed by atoms with E-state index in [9.17, 15) is 9.59 Å². The van der Waals surface area contributed by atoms with Gasteiger partial charge in [-0.1, -0.05) is 72.8 Å². The molecule has 0 saturated carbocycles. The number of cyclic esters (lactones) is 1. The fraction of sp³-hybridized carbons (Fsp3) is 0.0769. The molecule has 4 heteroatoms. The van der Waals surface area contributed by atoms with Crippen LogP contribution in [0.4, 0.5) is 5.69 Å². The Bertz CT molecular complexity index is 1270. The van der Waals surface area contributed by atoms with Crippen LogP contribution in [0.5, 0.6) is 0 Å². The predicted molar refractivity (Wildman–Crippen MR) is 114 cm³/mol. The van der Waals surface area contributed by atoms with Crippen LogP contribution in [-0.2, 0) is 9.53 Å². The molecule has 1 aliphatic carbocycles. The Morgan fingerprint density at radius 3 is 2.10 bits per heavy atom. The second-order valence-electron chi connectivity index (χ2n) is 7.59. The largest absolute Gasteiger partial charge is 0.456 e. The number of fused-ring (bicyclic) bond motifs is 2. The first-order valence-electron chi connectivity index (χ1n) is 9.94. The number of hydrogen-bond donors (Lipinski definition) is 0. The summed E-state index contributed by atoms with van der Waals surface area (Å²) in [6.07, 6.45) is 0. The van der Waals surface area contributed by atoms with Gasteiger partial charge in [-0.2, -0.15) is 0 Å². The molecule has 30 heavy (non-hydrogen) atoms. The molecule has 0 aromatic heterocycles. The number of benzene rings is 3. The van der Waals surface area contributed by atoms with Crippen molar-refractivity contribution in [1.29, 1.82) is 0 Å². The lowest BCUT2D eigenvalue weighted by Gasteiger charge is -2.35. The van der Waals surface area contributed by atoms with Crippen LogP contribution in [0.2, 0.25) is 0 Å². The van der Waals surface area contributed by atoms with Crippen molar-refractivity contribution < 1.29 is 14.3 Å². The van der Waals surface area contributed by atoms with Crippen molar-refractivity contribution in [1.82, 2.24) is 0 Å². The molecular formula is C26H17NO3. The predicted octanol–water partition coefficient (Wildman–Crippen LogP) is 4.71. The number of allylic oxidation sites excluding steroid dienone is 1. The van der Waals surface area contributed by atoms with Crippen molar-refractivity contribution in [2.45, 2.75) is 5.92 Å². The van der Waals surface area contributed by atoms with E-state index in [-0.39, 0.29) is 18.4 Å². The average Bonchev–Trinajstić information content (AvgIpc) is 3.32. The molecule has 3 aromatic carbocycles. The summed E-state index contributed by atoms with van der Waals surface area (Å²) in [6, 6.07) is 27.3. The molecular weight excluding hydrogens is 374 g/mol. The van der Waals surface area contributed by atoms with E-state index in [1.165, 1.54) is 0 Å². The van der Waals surface area contributed by atoms with Crippen molar-refractivity contribution in [3.63, 3.8) is 0 Å². The SMILES string of the molecule is O=C1OCC2=C1C(c1ccccc1)C1=C(c3ccccc3C1=O)N2c1ccccc1. The highest BCUT2D eigenvalue weighted by atomic mass is 16.5. The van der Waals surface area contributed by atoms with Crippen LogP contribution in [0, 0.1) is 0 Å². The number of hydrogen-bond acceptors (Lipinski definition) is 4. The quantitative estimate of drug-likeness (QED) is 0.594. The minimum atomic E-state index is -0.439. The van der Waals surface area contributed by atoms with E-state index in [1.807, 2.05) is 89.8 Å². The molecule has 0 bridgehead atoms. The smallest absolute Gasteiger partial charge is 0.337 e. The number of esters is 1. The Kier molecular flexibility index (Phi) is 3.56. The molecule has 3 aromatic rings. The summed E-state index contributed by atoms with van der Waals surface area (Å²) < 4.78 is 5.50. The van der Waals surface area contributed by atoms with Crippen molar-refractivity contribution >= 4 is 23.1 Å². The van der Waals surface area contributed by atoms with Gasteiger partial charge < -0.3 is 9.64 Å². The number of Topliss-reactive ketones (excluding diaryl/α,β-unsaturated/α-hetero) is 1. The Morgan fingerprint density at radius 2 is 1.37 bits per heavy atom. The fourth-order valence-electron chi connectivity index (χ4n) is 4.79. The summed E-state index contributed by atoms with van der Waals surface area (Å²) in [6.45, 7) is 0.194. The number of nitrogens with zero attached hydrogens (tertiary/aromatic N) is 1. The molecule has 0 N–H and O–H groups in total. The Morgan fingerprint density at radius 1 is 0.733 bits per heavy atom. The third-order valence-electron chi connectivity index (χ3n) is 6.02. The molecule has 2 heterocycles. The maximum atomic E-state index is 13.6. The van der Waals surface area contributed by atoms with E-state index in [0.29, 0.717) is 16.7 Å². The monoisotopic (exact) mass is 391 g/mol. The van der Waals surface area contributed by atoms with Gasteiger partial charge >= 0.3 is 5.97 Å². The van der Waals surface area contributed by atoms with Crippen LogP contribution in [0.25, 0.3) is 5.70 Å². The lowest BCUT2D eigenvalue weighted by Crippen LogP contribution is -2.30. The molecule has 0 saturated heterocycles. The van der Waals surface area contributed by atoms with Crippen molar-refractivity contribution in [3.8, 4) is 0 Å². The molecule has 0 amide bonds. The van der Waals surface area contributed by atoms with Gasteiger partial charge in [0.1, 0.15) is 6.61 Å². The van der Waals surface area contributed by atoms with E-state index in [1.54, 1.807) is 0 Å². The number of anilines is 1. The van der Waals surface area contributed by atoms with Gasteiger partial charge in [-0.15, -0.1) is 0 Å². The zero-order valence-corrected chi connectivity index (χ0v) is 16.0. The van der Waals surface area contributed by atoms with Crippen molar-refractivity contribution in [2.75, 3.05) is 11.5 Å². The van der Waals surface area contributed by atoms with E-state index in [4.69, 9.17) is 4.74 Å². The lowest BCUT2D eigenvalue weighted by molar-refractivity contribution is -0.136. The van der Waals surface area contributed by atoms with Gasteiger partial charge in [0.15, 0.2) is 5.78 Å². The fourth-order valence-corrected chi connectivity index (χ4v) is 4.79. The number of carbonyl (C=O) groups excluding carboxylic acids is 2. The first-order valence-corrected chi connectivity index (χ1v) is 9.94. The third-order valence-corrected chi connectivity index (χ3v) is 6.02. The van der Waals surface area contributed by atoms with E-state index < -0.39 is 5.92 Å². The van der Waals surface area contributed by atoms with Crippen LogP contribution in [-0.4, -0.2) is 18.4 Å². The highest BCUT2D eigenvalue weighted by Gasteiger charge is 2.49. The zero-order valence-electron chi connectivity index (χ0n) is 16.0. The Balaban J connectivity index is 1.69. The van der Waals surface area contributed by atoms with Gasteiger partial charge in [0.2, 0.25) is 0 Å². The van der Waals surface area contributed by atoms with Crippen LogP contribution in [0.15, 0.2) is 102 Å². The minimum Gasteiger partial charge on any atom is -0.456 e. The number of ether oxygens (including phenoxy) is 1. The molecule has 144 valence electrons. The highest BCUT2D eigenvalue weighted by Crippen LogP contribution is 2.53. The first-order chi connectivity index (χ1) is 14.8. The number of rotatable bonds is 2. The Labute approximate surface area is 173 Å². The topological polar surface area (TPSA) is 46.6 Å². The van der Waals surface area contributed by atoms with Gasteiger partial charge in [-0.05, 0) is 17.7 Å². The number of carbonyl (C=O) groups is 2. The molecule has 1 atom stereocenters. The maximum absolute atomic E-state index is 13.6. The molecule has 0 spiro atoms. The summed E-state index contributed by atoms with van der Waals surface area (Å²) in [4.78, 5) is 28.6. The molecule has 1 unspecified atom stereocenters. The van der Waals surface area contributed by atoms with Gasteiger partial charge in [0, 0.05) is 28.3 Å². The first kappa shape index (κ1) is 17.0. The molecule has 6 rings (SSSR count). The van der Waals surface area contributed by atoms with E-state index in [0.717, 1.165) is 28.2 Å². The molecule has 2 aliphatic heterocycles. The summed E-state index contributed by atoms with van der Waals surface area (Å²) in [5.41, 5.74) is 6.27. The molecule has 4 nitrogen and oxygen atoms in total. The van der Waals surface area contributed by atoms with Crippen LogP contribution in [0.3, 0.4) is 0 Å². The van der Waals surface area contributed by atoms with Gasteiger partial charge in [0.25, 0.3) is 0 Å². The second-order valence-corrected chi connectivity index (χ2v) is 7.59. The molecule has 0 fully saturated rings. The minimum absolute atomic E-state index is 0.0263. The normalized spacial score (nSPS) is 19.6. The van der Waals surface area contributed by atoms with Crippen molar-refractivity contribution in [2.24, 2.45) is 0 Å². The molecule has 0 radical (unpaired) electrons. The van der Waals surface area contributed by atoms with E-state index in [2.05, 4.69) is 0 Å². The second kappa shape index (κ2) is 6.29. The van der Waals surface area contributed by atoms with Crippen LogP contribution in [0.1, 0.15) is 27.4 Å². The van der Waals surface area contributed by atoms with Gasteiger partial charge in [-0.25, -0.2) is 4.79 Å². The average molecular weight is 391 g/mol. The highest BCUT2D eigenvalue weighted by molar-refractivity contribution is 6.25. The van der Waals surface area contributed by atoms with Crippen LogP contribution >= 0.6 is 0 Å². The van der Waals surface area contributed by atoms with E-state index >= 15 is 0 Å². The van der Waals surface area contributed by atoms with Crippen LogP contribution < -0.4 is 4.90 Å². The van der Waals surface area contributed by atoms with Gasteiger partial charge in [0.05, 0.1) is 17.0 Å². The summed E-state index contributed by atoms with van der Waals surface area (Å²) in [5, 5.41) is 0. The standard InChI is InChI=1S/C26H17NO3/c28-25-19-14-8-7-13-18(19)24-23(25)21(16-9-3-1-4-10-16)22-20(15-30-26(22)29)27(24)17-11-5-2-6-12-17/h1-14,21H,15H2. The van der Waals surface area contributed by atoms with Gasteiger partial charge in [-0.3, -0.25) is 4.79 Å². The Hall–Kier alpha value is -3.92.